The molecule has 3 heteroatoms. The van der Waals surface area contributed by atoms with Gasteiger partial charge in [0.05, 0.1) is 0 Å². The number of benzene rings is 1. The predicted molar refractivity (Wildman–Crippen MR) is 78.4 cm³/mol. The SMILES string of the molecule is CCN(CC)C(C(=O)O)c1ccc(C(C)(C)C)cc1. The summed E-state index contributed by atoms with van der Waals surface area (Å²) in [7, 11) is 0. The molecule has 0 aliphatic rings. The number of aliphatic carboxylic acids is 1. The first-order valence-corrected chi connectivity index (χ1v) is 6.88. The fourth-order valence-electron chi connectivity index (χ4n) is 2.26. The maximum Gasteiger partial charge on any atom is 0.325 e. The van der Waals surface area contributed by atoms with Crippen LogP contribution in [-0.2, 0) is 10.2 Å². The van der Waals surface area contributed by atoms with Crippen LogP contribution >= 0.6 is 0 Å². The fraction of sp³-hybridized carbons (Fsp3) is 0.562. The lowest BCUT2D eigenvalue weighted by molar-refractivity contribution is -0.143. The zero-order valence-electron chi connectivity index (χ0n) is 12.6. The van der Waals surface area contributed by atoms with Gasteiger partial charge in [-0.25, -0.2) is 0 Å². The van der Waals surface area contributed by atoms with Crippen LogP contribution in [0.15, 0.2) is 24.3 Å². The molecule has 1 atom stereocenters. The number of carbonyl (C=O) groups is 1. The topological polar surface area (TPSA) is 40.5 Å². The molecular weight excluding hydrogens is 238 g/mol. The third kappa shape index (κ3) is 3.80. The summed E-state index contributed by atoms with van der Waals surface area (Å²) in [6.07, 6.45) is 0. The summed E-state index contributed by atoms with van der Waals surface area (Å²) in [6, 6.07) is 7.41. The van der Waals surface area contributed by atoms with E-state index >= 15 is 0 Å². The molecule has 0 spiro atoms. The van der Waals surface area contributed by atoms with E-state index in [9.17, 15) is 9.90 Å². The van der Waals surface area contributed by atoms with Crippen LogP contribution < -0.4 is 0 Å². The van der Waals surface area contributed by atoms with Gasteiger partial charge in [-0.1, -0.05) is 58.9 Å². The molecule has 19 heavy (non-hydrogen) atoms. The second-order valence-corrected chi connectivity index (χ2v) is 5.83. The third-order valence-electron chi connectivity index (χ3n) is 3.50. The summed E-state index contributed by atoms with van der Waals surface area (Å²) >= 11 is 0. The minimum absolute atomic E-state index is 0.0897. The monoisotopic (exact) mass is 263 g/mol. The molecule has 0 heterocycles. The van der Waals surface area contributed by atoms with Crippen LogP contribution in [0.2, 0.25) is 0 Å². The van der Waals surface area contributed by atoms with E-state index in [1.165, 1.54) is 5.56 Å². The van der Waals surface area contributed by atoms with Gasteiger partial charge in [0, 0.05) is 0 Å². The molecular formula is C16H25NO2. The Balaban J connectivity index is 3.08. The van der Waals surface area contributed by atoms with Crippen molar-refractivity contribution < 1.29 is 9.90 Å². The van der Waals surface area contributed by atoms with Crippen molar-refractivity contribution >= 4 is 5.97 Å². The number of carboxylic acid groups (broad SMARTS) is 1. The third-order valence-corrected chi connectivity index (χ3v) is 3.50. The van der Waals surface area contributed by atoms with E-state index in [2.05, 4.69) is 20.8 Å². The number of hydrogen-bond acceptors (Lipinski definition) is 2. The van der Waals surface area contributed by atoms with Gasteiger partial charge in [-0.2, -0.15) is 0 Å². The van der Waals surface area contributed by atoms with E-state index < -0.39 is 12.0 Å². The molecule has 0 radical (unpaired) electrons. The molecule has 1 aromatic carbocycles. The maximum atomic E-state index is 11.5. The Hall–Kier alpha value is -1.35. The first kappa shape index (κ1) is 15.7. The second-order valence-electron chi connectivity index (χ2n) is 5.83. The van der Waals surface area contributed by atoms with Gasteiger partial charge in [0.2, 0.25) is 0 Å². The smallest absolute Gasteiger partial charge is 0.325 e. The van der Waals surface area contributed by atoms with Crippen molar-refractivity contribution in [1.29, 1.82) is 0 Å². The maximum absolute atomic E-state index is 11.5. The van der Waals surface area contributed by atoms with Crippen LogP contribution in [0.4, 0.5) is 0 Å². The molecule has 1 aromatic rings. The standard InChI is InChI=1S/C16H25NO2/c1-6-17(7-2)14(15(18)19)12-8-10-13(11-9-12)16(3,4)5/h8-11,14H,6-7H2,1-5H3,(H,18,19). The summed E-state index contributed by atoms with van der Waals surface area (Å²) in [4.78, 5) is 13.5. The Morgan fingerprint density at radius 2 is 1.63 bits per heavy atom. The number of hydrogen-bond donors (Lipinski definition) is 1. The number of rotatable bonds is 5. The van der Waals surface area contributed by atoms with Gasteiger partial charge < -0.3 is 5.11 Å². The lowest BCUT2D eigenvalue weighted by Crippen LogP contribution is -2.33. The molecule has 0 bridgehead atoms. The molecule has 106 valence electrons. The van der Waals surface area contributed by atoms with Gasteiger partial charge in [0.15, 0.2) is 0 Å². The molecule has 3 nitrogen and oxygen atoms in total. The molecule has 1 N–H and O–H groups in total. The van der Waals surface area contributed by atoms with Gasteiger partial charge in [-0.05, 0) is 29.6 Å². The van der Waals surface area contributed by atoms with Crippen LogP contribution in [0.25, 0.3) is 0 Å². The largest absolute Gasteiger partial charge is 0.480 e. The molecule has 0 saturated heterocycles. The summed E-state index contributed by atoms with van der Waals surface area (Å²) in [5, 5.41) is 9.45. The van der Waals surface area contributed by atoms with Gasteiger partial charge >= 0.3 is 5.97 Å². The highest BCUT2D eigenvalue weighted by atomic mass is 16.4. The van der Waals surface area contributed by atoms with E-state index in [0.717, 1.165) is 18.7 Å². The normalized spacial score (nSPS) is 13.6. The van der Waals surface area contributed by atoms with Crippen molar-refractivity contribution in [3.05, 3.63) is 35.4 Å². The molecule has 1 rings (SSSR count). The highest BCUT2D eigenvalue weighted by Gasteiger charge is 2.25. The molecule has 0 amide bonds. The van der Waals surface area contributed by atoms with Crippen LogP contribution in [0.1, 0.15) is 51.8 Å². The van der Waals surface area contributed by atoms with E-state index in [0.29, 0.717) is 0 Å². The molecule has 0 aliphatic heterocycles. The molecule has 0 saturated carbocycles. The summed E-state index contributed by atoms with van der Waals surface area (Å²) in [5.74, 6) is -0.785. The van der Waals surface area contributed by atoms with E-state index in [1.807, 2.05) is 43.0 Å². The first-order valence-electron chi connectivity index (χ1n) is 6.88. The Morgan fingerprint density at radius 3 is 1.95 bits per heavy atom. The van der Waals surface area contributed by atoms with Gasteiger partial charge in [0.25, 0.3) is 0 Å². The number of likely N-dealkylation sites (N-methyl/N-ethyl adjacent to an activating group) is 1. The van der Waals surface area contributed by atoms with Crippen LogP contribution in [-0.4, -0.2) is 29.1 Å². The summed E-state index contributed by atoms with van der Waals surface area (Å²) < 4.78 is 0. The summed E-state index contributed by atoms with van der Waals surface area (Å²) in [6.45, 7) is 11.9. The van der Waals surface area contributed by atoms with Crippen molar-refractivity contribution in [2.24, 2.45) is 0 Å². The quantitative estimate of drug-likeness (QED) is 0.884. The Kier molecular flexibility index (Phi) is 5.12. The average Bonchev–Trinajstić information content (AvgIpc) is 2.34. The molecule has 0 aromatic heterocycles. The minimum Gasteiger partial charge on any atom is -0.480 e. The first-order chi connectivity index (χ1) is 8.81. The minimum atomic E-state index is -0.785. The van der Waals surface area contributed by atoms with Crippen LogP contribution in [0.5, 0.6) is 0 Å². The van der Waals surface area contributed by atoms with E-state index in [4.69, 9.17) is 0 Å². The molecule has 0 aliphatic carbocycles. The van der Waals surface area contributed by atoms with E-state index in [-0.39, 0.29) is 5.41 Å². The molecule has 1 unspecified atom stereocenters. The highest BCUT2D eigenvalue weighted by molar-refractivity contribution is 5.75. The fourth-order valence-corrected chi connectivity index (χ4v) is 2.26. The number of nitrogens with zero attached hydrogens (tertiary/aromatic N) is 1. The Labute approximate surface area is 116 Å². The van der Waals surface area contributed by atoms with Gasteiger partial charge in [-0.15, -0.1) is 0 Å². The predicted octanol–water partition coefficient (Wildman–Crippen LogP) is 3.45. The van der Waals surface area contributed by atoms with Crippen LogP contribution in [0.3, 0.4) is 0 Å². The van der Waals surface area contributed by atoms with Crippen molar-refractivity contribution in [2.75, 3.05) is 13.1 Å². The number of carboxylic acids is 1. The Bertz CT molecular complexity index is 413. The van der Waals surface area contributed by atoms with E-state index in [1.54, 1.807) is 0 Å². The van der Waals surface area contributed by atoms with Crippen molar-refractivity contribution in [3.8, 4) is 0 Å². The van der Waals surface area contributed by atoms with Crippen molar-refractivity contribution in [3.63, 3.8) is 0 Å². The zero-order chi connectivity index (χ0) is 14.6. The second kappa shape index (κ2) is 6.20. The lowest BCUT2D eigenvalue weighted by Gasteiger charge is -2.27. The molecule has 0 fully saturated rings. The Morgan fingerprint density at radius 1 is 1.16 bits per heavy atom. The van der Waals surface area contributed by atoms with Gasteiger partial charge in [-0.3, -0.25) is 9.69 Å². The van der Waals surface area contributed by atoms with Crippen molar-refractivity contribution in [1.82, 2.24) is 4.90 Å². The average molecular weight is 263 g/mol. The summed E-state index contributed by atoms with van der Waals surface area (Å²) in [5.41, 5.74) is 2.16. The van der Waals surface area contributed by atoms with Crippen LogP contribution in [0, 0.1) is 0 Å². The lowest BCUT2D eigenvalue weighted by atomic mass is 9.86. The zero-order valence-corrected chi connectivity index (χ0v) is 12.6. The highest BCUT2D eigenvalue weighted by Crippen LogP contribution is 2.26. The van der Waals surface area contributed by atoms with Crippen molar-refractivity contribution in [2.45, 2.75) is 46.1 Å². The van der Waals surface area contributed by atoms with Gasteiger partial charge in [0.1, 0.15) is 6.04 Å².